The first-order valence-electron chi connectivity index (χ1n) is 12.2. The molecule has 1 atom stereocenters. The third kappa shape index (κ3) is 5.71. The quantitative estimate of drug-likeness (QED) is 0.423. The molecule has 3 heterocycles. The molecular formula is C28H30N2O5S. The first-order valence-corrected chi connectivity index (χ1v) is 13.1. The van der Waals surface area contributed by atoms with E-state index in [0.717, 1.165) is 23.3 Å². The van der Waals surface area contributed by atoms with Crippen LogP contribution in [0.3, 0.4) is 0 Å². The summed E-state index contributed by atoms with van der Waals surface area (Å²) in [6.07, 6.45) is 1.77. The van der Waals surface area contributed by atoms with Gasteiger partial charge in [-0.05, 0) is 60.5 Å². The van der Waals surface area contributed by atoms with E-state index in [1.54, 1.807) is 34.4 Å². The highest BCUT2D eigenvalue weighted by Crippen LogP contribution is 2.33. The third-order valence-corrected chi connectivity index (χ3v) is 7.56. The maximum atomic E-state index is 13.7. The average Bonchev–Trinajstić information content (AvgIpc) is 3.66. The zero-order valence-electron chi connectivity index (χ0n) is 20.4. The van der Waals surface area contributed by atoms with Crippen LogP contribution in [0, 0.1) is 6.92 Å². The van der Waals surface area contributed by atoms with E-state index in [4.69, 9.17) is 14.2 Å². The Balaban J connectivity index is 1.37. The number of benzene rings is 2. The van der Waals surface area contributed by atoms with Crippen LogP contribution in [0.4, 0.5) is 0 Å². The number of carbonyl (C=O) groups excluding carboxylic acids is 2. The van der Waals surface area contributed by atoms with Crippen molar-refractivity contribution >= 4 is 23.2 Å². The molecule has 3 aromatic rings. The molecule has 0 radical (unpaired) electrons. The van der Waals surface area contributed by atoms with E-state index in [9.17, 15) is 9.59 Å². The lowest BCUT2D eigenvalue weighted by Gasteiger charge is -2.29. The van der Waals surface area contributed by atoms with Crippen molar-refractivity contribution in [3.05, 3.63) is 81.5 Å². The van der Waals surface area contributed by atoms with Gasteiger partial charge in [-0.15, -0.1) is 11.3 Å². The van der Waals surface area contributed by atoms with Gasteiger partial charge in [0, 0.05) is 30.1 Å². The predicted molar refractivity (Wildman–Crippen MR) is 137 cm³/mol. The van der Waals surface area contributed by atoms with E-state index >= 15 is 0 Å². The summed E-state index contributed by atoms with van der Waals surface area (Å²) in [5.74, 6) is 0.847. The Kier molecular flexibility index (Phi) is 7.53. The molecule has 0 saturated carbocycles. The number of hydrogen-bond acceptors (Lipinski definition) is 6. The zero-order chi connectivity index (χ0) is 24.9. The first kappa shape index (κ1) is 24.3. The van der Waals surface area contributed by atoms with Crippen LogP contribution >= 0.6 is 11.3 Å². The van der Waals surface area contributed by atoms with Gasteiger partial charge in [0.1, 0.15) is 6.54 Å². The van der Waals surface area contributed by atoms with Gasteiger partial charge in [0.25, 0.3) is 5.91 Å². The summed E-state index contributed by atoms with van der Waals surface area (Å²) in [7, 11) is 0. The monoisotopic (exact) mass is 506 g/mol. The Morgan fingerprint density at radius 2 is 1.83 bits per heavy atom. The molecule has 188 valence electrons. The van der Waals surface area contributed by atoms with E-state index in [0.29, 0.717) is 43.3 Å². The molecule has 1 unspecified atom stereocenters. The Labute approximate surface area is 215 Å². The number of rotatable bonds is 9. The maximum absolute atomic E-state index is 13.7. The minimum Gasteiger partial charge on any atom is -0.454 e. The highest BCUT2D eigenvalue weighted by atomic mass is 32.1. The minimum atomic E-state index is -0.218. The van der Waals surface area contributed by atoms with Crippen molar-refractivity contribution in [2.24, 2.45) is 0 Å². The van der Waals surface area contributed by atoms with Gasteiger partial charge in [0.2, 0.25) is 12.7 Å². The van der Waals surface area contributed by atoms with Crippen LogP contribution in [0.15, 0.2) is 60.0 Å². The van der Waals surface area contributed by atoms with Crippen LogP contribution in [0.5, 0.6) is 11.5 Å². The van der Waals surface area contributed by atoms with E-state index in [1.807, 2.05) is 40.6 Å². The predicted octanol–water partition coefficient (Wildman–Crippen LogP) is 4.64. The lowest BCUT2D eigenvalue weighted by atomic mass is 10.1. The summed E-state index contributed by atoms with van der Waals surface area (Å²) in [5.41, 5.74) is 2.68. The summed E-state index contributed by atoms with van der Waals surface area (Å²) < 4.78 is 16.7. The van der Waals surface area contributed by atoms with Crippen LogP contribution in [0.2, 0.25) is 0 Å². The number of nitrogens with zero attached hydrogens (tertiary/aromatic N) is 2. The molecule has 0 bridgehead atoms. The van der Waals surface area contributed by atoms with Gasteiger partial charge in [-0.2, -0.15) is 0 Å². The van der Waals surface area contributed by atoms with Crippen molar-refractivity contribution in [1.82, 2.24) is 9.80 Å². The standard InChI is InChI=1S/C28H30N2O5S/c1-20-11-13-36-26(20)17-29(15-21-6-3-2-4-7-21)27(31)18-30(16-23-8-5-12-33-23)28(32)22-9-10-24-25(14-22)35-19-34-24/h2-4,6-7,9-11,13-14,23H,5,8,12,15-19H2,1H3. The molecule has 1 saturated heterocycles. The number of fused-ring (bicyclic) bond motifs is 1. The highest BCUT2D eigenvalue weighted by molar-refractivity contribution is 7.10. The molecule has 0 aliphatic carbocycles. The fourth-order valence-corrected chi connectivity index (χ4v) is 5.43. The third-order valence-electron chi connectivity index (χ3n) is 6.55. The Morgan fingerprint density at radius 1 is 1.00 bits per heavy atom. The van der Waals surface area contributed by atoms with Gasteiger partial charge in [-0.1, -0.05) is 30.3 Å². The smallest absolute Gasteiger partial charge is 0.254 e. The summed E-state index contributed by atoms with van der Waals surface area (Å²) >= 11 is 1.65. The molecule has 2 aromatic carbocycles. The van der Waals surface area contributed by atoms with E-state index in [-0.39, 0.29) is 31.3 Å². The average molecular weight is 507 g/mol. The van der Waals surface area contributed by atoms with E-state index in [2.05, 4.69) is 13.0 Å². The highest BCUT2D eigenvalue weighted by Gasteiger charge is 2.28. The number of amides is 2. The van der Waals surface area contributed by atoms with Gasteiger partial charge >= 0.3 is 0 Å². The molecule has 2 aliphatic heterocycles. The molecular weight excluding hydrogens is 476 g/mol. The molecule has 8 heteroatoms. The zero-order valence-corrected chi connectivity index (χ0v) is 21.2. The molecule has 0 spiro atoms. The van der Waals surface area contributed by atoms with Crippen molar-refractivity contribution in [1.29, 1.82) is 0 Å². The van der Waals surface area contributed by atoms with Crippen LogP contribution < -0.4 is 9.47 Å². The summed E-state index contributed by atoms with van der Waals surface area (Å²) in [4.78, 5) is 32.0. The molecule has 1 aromatic heterocycles. The number of carbonyl (C=O) groups is 2. The molecule has 2 amide bonds. The molecule has 5 rings (SSSR count). The Morgan fingerprint density at radius 3 is 2.58 bits per heavy atom. The van der Waals surface area contributed by atoms with Crippen LogP contribution in [0.25, 0.3) is 0 Å². The molecule has 1 fully saturated rings. The normalized spacial score (nSPS) is 16.2. The van der Waals surface area contributed by atoms with Gasteiger partial charge in [0.15, 0.2) is 11.5 Å². The summed E-state index contributed by atoms with van der Waals surface area (Å²) in [5, 5.41) is 2.04. The van der Waals surface area contributed by atoms with Gasteiger partial charge in [-0.25, -0.2) is 0 Å². The number of hydrogen-bond donors (Lipinski definition) is 0. The molecule has 7 nitrogen and oxygen atoms in total. The molecule has 0 N–H and O–H groups in total. The number of thiophene rings is 1. The van der Waals surface area contributed by atoms with Gasteiger partial charge in [0.05, 0.1) is 12.6 Å². The van der Waals surface area contributed by atoms with Crippen LogP contribution in [-0.4, -0.2) is 54.2 Å². The number of ether oxygens (including phenoxy) is 3. The summed E-state index contributed by atoms with van der Waals surface area (Å²) in [6.45, 7) is 4.21. The fourth-order valence-electron chi connectivity index (χ4n) is 4.50. The first-order chi connectivity index (χ1) is 17.6. The molecule has 2 aliphatic rings. The number of aryl methyl sites for hydroxylation is 1. The second kappa shape index (κ2) is 11.1. The second-order valence-corrected chi connectivity index (χ2v) is 10.2. The fraction of sp³-hybridized carbons (Fsp3) is 0.357. The Bertz CT molecular complexity index is 1210. The van der Waals surface area contributed by atoms with Crippen LogP contribution in [-0.2, 0) is 22.6 Å². The SMILES string of the molecule is Cc1ccsc1CN(Cc1ccccc1)C(=O)CN(CC1CCCO1)C(=O)c1ccc2c(c1)OCO2. The lowest BCUT2D eigenvalue weighted by molar-refractivity contribution is -0.133. The topological polar surface area (TPSA) is 68.3 Å². The van der Waals surface area contributed by atoms with Crippen molar-refractivity contribution in [3.8, 4) is 11.5 Å². The van der Waals surface area contributed by atoms with Crippen molar-refractivity contribution in [3.63, 3.8) is 0 Å². The summed E-state index contributed by atoms with van der Waals surface area (Å²) in [6, 6.07) is 17.2. The maximum Gasteiger partial charge on any atom is 0.254 e. The van der Waals surface area contributed by atoms with Gasteiger partial charge in [-0.3, -0.25) is 9.59 Å². The largest absolute Gasteiger partial charge is 0.454 e. The minimum absolute atomic E-state index is 0.0234. The van der Waals surface area contributed by atoms with Crippen molar-refractivity contribution in [2.75, 3.05) is 26.5 Å². The van der Waals surface area contributed by atoms with E-state index in [1.165, 1.54) is 5.56 Å². The second-order valence-electron chi connectivity index (χ2n) is 9.15. The van der Waals surface area contributed by atoms with Crippen molar-refractivity contribution < 1.29 is 23.8 Å². The van der Waals surface area contributed by atoms with Crippen LogP contribution in [0.1, 0.15) is 39.2 Å². The molecule has 36 heavy (non-hydrogen) atoms. The van der Waals surface area contributed by atoms with E-state index < -0.39 is 0 Å². The Hall–Kier alpha value is -3.36. The lowest BCUT2D eigenvalue weighted by Crippen LogP contribution is -2.45. The van der Waals surface area contributed by atoms with Gasteiger partial charge < -0.3 is 24.0 Å². The van der Waals surface area contributed by atoms with Crippen molar-refractivity contribution in [2.45, 2.75) is 39.0 Å².